The lowest BCUT2D eigenvalue weighted by molar-refractivity contribution is -0.137. The summed E-state index contributed by atoms with van der Waals surface area (Å²) in [7, 11) is 0. The van der Waals surface area contributed by atoms with Gasteiger partial charge in [-0.1, -0.05) is 0 Å². The number of aryl methyl sites for hydroxylation is 1. The summed E-state index contributed by atoms with van der Waals surface area (Å²) in [5.74, 6) is 2.99. The molecule has 1 aliphatic carbocycles. The molecule has 0 amide bonds. The van der Waals surface area contributed by atoms with Crippen LogP contribution in [0.15, 0.2) is 40.9 Å². The highest BCUT2D eigenvalue weighted by Crippen LogP contribution is 2.50. The van der Waals surface area contributed by atoms with Crippen molar-refractivity contribution in [3.8, 4) is 17.2 Å². The maximum absolute atomic E-state index is 14.4. The second-order valence-electron chi connectivity index (χ2n) is 9.29. The number of nitrogens with zero attached hydrogens (tertiary/aromatic N) is 4. The van der Waals surface area contributed by atoms with E-state index in [2.05, 4.69) is 20.1 Å². The zero-order valence-electron chi connectivity index (χ0n) is 19.3. The first kappa shape index (κ1) is 23.6. The number of anilines is 1. The number of ether oxygens (including phenoxy) is 1. The van der Waals surface area contributed by atoms with Gasteiger partial charge in [0.15, 0.2) is 0 Å². The molecule has 1 aliphatic heterocycles. The standard InChI is InChI=1S/C25H26F4N4O2/c1-15-31-32-24(35-15)20-4-3-19(13-22(20)26)34-11-8-17-12-21(17)16-6-9-33(10-7-16)23-5-2-18(14-30-23)25(27,28)29/h2-5,13-14,16-17,21H,6-12H2,1H3/t17-,21-/m0/s1. The van der Waals surface area contributed by atoms with Crippen LogP contribution in [0.2, 0.25) is 0 Å². The van der Waals surface area contributed by atoms with Crippen molar-refractivity contribution in [1.29, 1.82) is 0 Å². The fourth-order valence-corrected chi connectivity index (χ4v) is 4.97. The molecule has 6 nitrogen and oxygen atoms in total. The average Bonchev–Trinajstić information content (AvgIpc) is 3.48. The molecular formula is C25H26F4N4O2. The molecule has 2 fully saturated rings. The SMILES string of the molecule is Cc1nnc(-c2ccc(OCC[C@H]3C[C@H]3C3CCN(c4ccc(C(F)(F)F)cn4)CC3)cc2F)o1. The molecule has 1 saturated carbocycles. The molecule has 186 valence electrons. The van der Waals surface area contributed by atoms with Crippen LogP contribution < -0.4 is 9.64 Å². The zero-order valence-corrected chi connectivity index (χ0v) is 19.3. The molecule has 35 heavy (non-hydrogen) atoms. The number of pyridine rings is 1. The van der Waals surface area contributed by atoms with Gasteiger partial charge in [-0.3, -0.25) is 0 Å². The summed E-state index contributed by atoms with van der Waals surface area (Å²) in [5.41, 5.74) is -0.474. The van der Waals surface area contributed by atoms with Crippen LogP contribution in [-0.2, 0) is 6.18 Å². The highest BCUT2D eigenvalue weighted by molar-refractivity contribution is 5.55. The first-order valence-electron chi connectivity index (χ1n) is 11.8. The van der Waals surface area contributed by atoms with Gasteiger partial charge < -0.3 is 14.1 Å². The summed E-state index contributed by atoms with van der Waals surface area (Å²) in [4.78, 5) is 6.08. The van der Waals surface area contributed by atoms with Gasteiger partial charge >= 0.3 is 6.18 Å². The third-order valence-corrected chi connectivity index (χ3v) is 6.98. The Morgan fingerprint density at radius 1 is 1.11 bits per heavy atom. The summed E-state index contributed by atoms with van der Waals surface area (Å²) in [6.07, 6.45) is 0.631. The number of halogens is 4. The van der Waals surface area contributed by atoms with Crippen LogP contribution in [0, 0.1) is 30.5 Å². The molecule has 2 atom stereocenters. The van der Waals surface area contributed by atoms with E-state index in [-0.39, 0.29) is 11.5 Å². The molecule has 2 aliphatic rings. The van der Waals surface area contributed by atoms with Gasteiger partial charge in [-0.15, -0.1) is 10.2 Å². The van der Waals surface area contributed by atoms with Crippen LogP contribution in [0.1, 0.15) is 37.1 Å². The number of hydrogen-bond acceptors (Lipinski definition) is 6. The molecule has 10 heteroatoms. The Bertz CT molecular complexity index is 1160. The zero-order chi connectivity index (χ0) is 24.6. The van der Waals surface area contributed by atoms with Crippen molar-refractivity contribution in [2.75, 3.05) is 24.6 Å². The summed E-state index contributed by atoms with van der Waals surface area (Å²) < 4.78 is 63.7. The summed E-state index contributed by atoms with van der Waals surface area (Å²) in [5, 5.41) is 7.56. The molecule has 0 spiro atoms. The third-order valence-electron chi connectivity index (χ3n) is 6.98. The first-order chi connectivity index (χ1) is 16.8. The summed E-state index contributed by atoms with van der Waals surface area (Å²) in [6, 6.07) is 7.17. The van der Waals surface area contributed by atoms with Gasteiger partial charge in [-0.05, 0) is 67.7 Å². The van der Waals surface area contributed by atoms with E-state index in [0.717, 1.165) is 51.0 Å². The van der Waals surface area contributed by atoms with Crippen molar-refractivity contribution in [2.45, 2.75) is 38.8 Å². The number of rotatable bonds is 7. The fourth-order valence-electron chi connectivity index (χ4n) is 4.97. The molecule has 0 N–H and O–H groups in total. The third kappa shape index (κ3) is 5.41. The van der Waals surface area contributed by atoms with E-state index in [1.165, 1.54) is 12.1 Å². The van der Waals surface area contributed by atoms with E-state index in [1.54, 1.807) is 19.1 Å². The molecule has 0 unspecified atom stereocenters. The maximum atomic E-state index is 14.4. The number of hydrogen-bond donors (Lipinski definition) is 0. The molecule has 0 bridgehead atoms. The Morgan fingerprint density at radius 2 is 1.91 bits per heavy atom. The smallest absolute Gasteiger partial charge is 0.417 e. The van der Waals surface area contributed by atoms with Crippen molar-refractivity contribution >= 4 is 5.82 Å². The number of aromatic nitrogens is 3. The predicted octanol–water partition coefficient (Wildman–Crippen LogP) is 5.92. The quantitative estimate of drug-likeness (QED) is 0.383. The lowest BCUT2D eigenvalue weighted by Crippen LogP contribution is -2.35. The second-order valence-corrected chi connectivity index (χ2v) is 9.29. The largest absolute Gasteiger partial charge is 0.493 e. The van der Waals surface area contributed by atoms with E-state index >= 15 is 0 Å². The molecule has 0 radical (unpaired) electrons. The highest BCUT2D eigenvalue weighted by atomic mass is 19.4. The molecular weight excluding hydrogens is 464 g/mol. The van der Waals surface area contributed by atoms with Crippen LogP contribution in [0.3, 0.4) is 0 Å². The maximum Gasteiger partial charge on any atom is 0.417 e. The van der Waals surface area contributed by atoms with Crippen LogP contribution in [-0.4, -0.2) is 34.9 Å². The highest BCUT2D eigenvalue weighted by Gasteiger charge is 2.43. The van der Waals surface area contributed by atoms with Crippen LogP contribution in [0.4, 0.5) is 23.4 Å². The van der Waals surface area contributed by atoms with Gasteiger partial charge in [0, 0.05) is 32.3 Å². The Kier molecular flexibility index (Phi) is 6.37. The van der Waals surface area contributed by atoms with Gasteiger partial charge in [0.1, 0.15) is 17.4 Å². The Morgan fingerprint density at radius 3 is 2.54 bits per heavy atom. The van der Waals surface area contributed by atoms with Crippen LogP contribution in [0.25, 0.3) is 11.5 Å². The number of piperidine rings is 1. The predicted molar refractivity (Wildman–Crippen MR) is 120 cm³/mol. The van der Waals surface area contributed by atoms with E-state index in [1.807, 2.05) is 0 Å². The normalized spacial score (nSPS) is 20.8. The van der Waals surface area contributed by atoms with E-state index in [0.29, 0.717) is 41.8 Å². The van der Waals surface area contributed by atoms with Gasteiger partial charge in [0.05, 0.1) is 17.7 Å². The van der Waals surface area contributed by atoms with E-state index in [4.69, 9.17) is 9.15 Å². The Hall–Kier alpha value is -3.17. The topological polar surface area (TPSA) is 64.3 Å². The molecule has 3 aromatic rings. The van der Waals surface area contributed by atoms with Crippen LogP contribution in [0.5, 0.6) is 5.75 Å². The second kappa shape index (κ2) is 9.47. The summed E-state index contributed by atoms with van der Waals surface area (Å²) in [6.45, 7) is 3.77. The summed E-state index contributed by atoms with van der Waals surface area (Å²) >= 11 is 0. The lowest BCUT2D eigenvalue weighted by atomic mass is 9.90. The van der Waals surface area contributed by atoms with Gasteiger partial charge in [0.2, 0.25) is 5.89 Å². The van der Waals surface area contributed by atoms with Crippen molar-refractivity contribution in [3.05, 3.63) is 53.8 Å². The minimum atomic E-state index is -4.37. The van der Waals surface area contributed by atoms with Gasteiger partial charge in [-0.25, -0.2) is 9.37 Å². The minimum absolute atomic E-state index is 0.146. The van der Waals surface area contributed by atoms with E-state index < -0.39 is 17.6 Å². The van der Waals surface area contributed by atoms with Gasteiger partial charge in [-0.2, -0.15) is 13.2 Å². The molecule has 2 aromatic heterocycles. The molecule has 3 heterocycles. The van der Waals surface area contributed by atoms with Crippen molar-refractivity contribution < 1.29 is 26.7 Å². The monoisotopic (exact) mass is 490 g/mol. The average molecular weight is 491 g/mol. The first-order valence-corrected chi connectivity index (χ1v) is 11.8. The molecule has 5 rings (SSSR count). The molecule has 1 aromatic carbocycles. The number of alkyl halides is 3. The van der Waals surface area contributed by atoms with Crippen molar-refractivity contribution in [1.82, 2.24) is 15.2 Å². The van der Waals surface area contributed by atoms with Crippen LogP contribution >= 0.6 is 0 Å². The minimum Gasteiger partial charge on any atom is -0.493 e. The van der Waals surface area contributed by atoms with E-state index in [9.17, 15) is 17.6 Å². The number of benzene rings is 1. The Balaban J connectivity index is 1.05. The van der Waals surface area contributed by atoms with Crippen molar-refractivity contribution in [2.24, 2.45) is 17.8 Å². The van der Waals surface area contributed by atoms with Gasteiger partial charge in [0.25, 0.3) is 5.89 Å². The molecule has 1 saturated heterocycles. The lowest BCUT2D eigenvalue weighted by Gasteiger charge is -2.33. The van der Waals surface area contributed by atoms with Crippen molar-refractivity contribution in [3.63, 3.8) is 0 Å². The Labute approximate surface area is 200 Å². The fraction of sp³-hybridized carbons (Fsp3) is 0.480.